The maximum atomic E-state index is 9.18. The summed E-state index contributed by atoms with van der Waals surface area (Å²) in [7, 11) is 0. The summed E-state index contributed by atoms with van der Waals surface area (Å²) in [6.45, 7) is 5.24. The summed E-state index contributed by atoms with van der Waals surface area (Å²) in [4.78, 5) is 0. The van der Waals surface area contributed by atoms with Crippen molar-refractivity contribution in [1.29, 1.82) is 5.26 Å². The molecule has 0 aliphatic heterocycles. The van der Waals surface area contributed by atoms with E-state index in [2.05, 4.69) is 25.2 Å². The maximum Gasteiger partial charge on any atom is 0.106 e. The van der Waals surface area contributed by atoms with Gasteiger partial charge in [-0.2, -0.15) is 5.26 Å². The van der Waals surface area contributed by atoms with Gasteiger partial charge in [0.25, 0.3) is 0 Å². The fraction of sp³-hybridized carbons (Fsp3) is 0.917. The van der Waals surface area contributed by atoms with Crippen molar-refractivity contribution in [2.75, 3.05) is 6.54 Å². The highest BCUT2D eigenvalue weighted by Gasteiger charge is 2.33. The van der Waals surface area contributed by atoms with Gasteiger partial charge in [0.2, 0.25) is 0 Å². The Morgan fingerprint density at radius 1 is 1.36 bits per heavy atom. The van der Waals surface area contributed by atoms with Gasteiger partial charge in [-0.15, -0.1) is 0 Å². The zero-order valence-electron chi connectivity index (χ0n) is 9.47. The molecule has 0 saturated heterocycles. The summed E-state index contributed by atoms with van der Waals surface area (Å²) in [5, 5.41) is 12.5. The third-order valence-electron chi connectivity index (χ3n) is 3.38. The Bertz CT molecular complexity index is 197. The normalized spacial score (nSPS) is 32.5. The molecule has 0 bridgehead atoms. The lowest BCUT2D eigenvalue weighted by atomic mass is 9.76. The first-order valence-electron chi connectivity index (χ1n) is 5.92. The molecule has 0 spiro atoms. The third kappa shape index (κ3) is 2.72. The van der Waals surface area contributed by atoms with Crippen molar-refractivity contribution in [3.05, 3.63) is 0 Å². The minimum Gasteiger partial charge on any atom is -0.300 e. The molecule has 0 aromatic rings. The summed E-state index contributed by atoms with van der Waals surface area (Å²) in [5.74, 6) is 0.875. The smallest absolute Gasteiger partial charge is 0.106 e. The Labute approximate surface area is 87.7 Å². The minimum atomic E-state index is -0.195. The second kappa shape index (κ2) is 5.36. The second-order valence-electron chi connectivity index (χ2n) is 4.46. The number of nitrogens with zero attached hydrogens (tertiary/aromatic N) is 1. The summed E-state index contributed by atoms with van der Waals surface area (Å²) >= 11 is 0. The zero-order valence-corrected chi connectivity index (χ0v) is 9.47. The Morgan fingerprint density at radius 2 is 2.00 bits per heavy atom. The van der Waals surface area contributed by atoms with Crippen molar-refractivity contribution >= 4 is 0 Å². The molecule has 0 amide bonds. The molecule has 1 aliphatic rings. The molecule has 80 valence electrons. The number of hydrogen-bond donors (Lipinski definition) is 1. The lowest BCUT2D eigenvalue weighted by Crippen LogP contribution is -2.46. The van der Waals surface area contributed by atoms with Gasteiger partial charge in [0.05, 0.1) is 6.07 Å². The molecule has 0 atom stereocenters. The average Bonchev–Trinajstić information content (AvgIpc) is 2.22. The summed E-state index contributed by atoms with van der Waals surface area (Å²) in [6.07, 6.45) is 7.17. The van der Waals surface area contributed by atoms with Crippen molar-refractivity contribution in [2.24, 2.45) is 5.92 Å². The van der Waals surface area contributed by atoms with E-state index in [0.717, 1.165) is 25.3 Å². The molecule has 1 rings (SSSR count). The second-order valence-corrected chi connectivity index (χ2v) is 4.46. The molecule has 0 radical (unpaired) electrons. The van der Waals surface area contributed by atoms with Crippen LogP contribution in [0.3, 0.4) is 0 Å². The lowest BCUT2D eigenvalue weighted by molar-refractivity contribution is 0.232. The Morgan fingerprint density at radius 3 is 2.43 bits per heavy atom. The molecular weight excluding hydrogens is 172 g/mol. The first-order chi connectivity index (χ1) is 6.76. The van der Waals surface area contributed by atoms with E-state index < -0.39 is 0 Å². The van der Waals surface area contributed by atoms with Crippen LogP contribution in [0.1, 0.15) is 52.4 Å². The van der Waals surface area contributed by atoms with E-state index in [-0.39, 0.29) is 5.54 Å². The van der Waals surface area contributed by atoms with E-state index in [0.29, 0.717) is 0 Å². The van der Waals surface area contributed by atoms with E-state index >= 15 is 0 Å². The molecule has 1 aliphatic carbocycles. The highest BCUT2D eigenvalue weighted by atomic mass is 15.0. The molecule has 1 N–H and O–H groups in total. The number of nitriles is 1. The van der Waals surface area contributed by atoms with Crippen LogP contribution in [0.15, 0.2) is 0 Å². The number of nitrogens with one attached hydrogen (secondary N) is 1. The van der Waals surface area contributed by atoms with Crippen LogP contribution in [-0.4, -0.2) is 12.1 Å². The van der Waals surface area contributed by atoms with Crippen molar-refractivity contribution in [2.45, 2.75) is 57.9 Å². The van der Waals surface area contributed by atoms with E-state index in [1.807, 2.05) is 0 Å². The zero-order chi connectivity index (χ0) is 10.4. The van der Waals surface area contributed by atoms with Crippen LogP contribution in [0.25, 0.3) is 0 Å². The largest absolute Gasteiger partial charge is 0.300 e. The topological polar surface area (TPSA) is 35.8 Å². The van der Waals surface area contributed by atoms with Crippen LogP contribution < -0.4 is 5.32 Å². The molecule has 0 unspecified atom stereocenters. The lowest BCUT2D eigenvalue weighted by Gasteiger charge is -2.35. The minimum absolute atomic E-state index is 0.195. The molecule has 2 nitrogen and oxygen atoms in total. The van der Waals surface area contributed by atoms with Crippen LogP contribution in [0.2, 0.25) is 0 Å². The predicted molar refractivity (Wildman–Crippen MR) is 58.9 cm³/mol. The van der Waals surface area contributed by atoms with Gasteiger partial charge in [-0.3, -0.25) is 5.32 Å². The molecule has 1 saturated carbocycles. The van der Waals surface area contributed by atoms with Crippen LogP contribution in [0, 0.1) is 17.2 Å². The molecular formula is C12H22N2. The van der Waals surface area contributed by atoms with Gasteiger partial charge < -0.3 is 0 Å². The van der Waals surface area contributed by atoms with Gasteiger partial charge in [-0.25, -0.2) is 0 Å². The van der Waals surface area contributed by atoms with Gasteiger partial charge in [0, 0.05) is 0 Å². The highest BCUT2D eigenvalue weighted by molar-refractivity contribution is 5.08. The fourth-order valence-electron chi connectivity index (χ4n) is 2.53. The number of rotatable bonds is 4. The first kappa shape index (κ1) is 11.5. The van der Waals surface area contributed by atoms with Crippen LogP contribution in [0.5, 0.6) is 0 Å². The third-order valence-corrected chi connectivity index (χ3v) is 3.38. The fourth-order valence-corrected chi connectivity index (χ4v) is 2.53. The maximum absolute atomic E-state index is 9.18. The van der Waals surface area contributed by atoms with Crippen molar-refractivity contribution in [3.63, 3.8) is 0 Å². The quantitative estimate of drug-likeness (QED) is 0.747. The van der Waals surface area contributed by atoms with Crippen molar-refractivity contribution in [3.8, 4) is 6.07 Å². The molecule has 0 aromatic heterocycles. The van der Waals surface area contributed by atoms with Gasteiger partial charge in [-0.05, 0) is 38.1 Å². The summed E-state index contributed by atoms with van der Waals surface area (Å²) in [5.41, 5.74) is -0.195. The molecule has 1 fully saturated rings. The van der Waals surface area contributed by atoms with E-state index in [9.17, 15) is 5.26 Å². The standard InChI is InChI=1S/C12H22N2/c1-3-5-11-6-8-12(10-13,9-7-11)14-4-2/h11,14H,3-9H2,1-2H3. The van der Waals surface area contributed by atoms with Gasteiger partial charge in [0.1, 0.15) is 5.54 Å². The summed E-state index contributed by atoms with van der Waals surface area (Å²) in [6, 6.07) is 2.47. The SMILES string of the molecule is CCCC1CCC(C#N)(NCC)CC1. The molecule has 0 heterocycles. The molecule has 14 heavy (non-hydrogen) atoms. The van der Waals surface area contributed by atoms with E-state index in [4.69, 9.17) is 0 Å². The van der Waals surface area contributed by atoms with Crippen molar-refractivity contribution in [1.82, 2.24) is 5.32 Å². The van der Waals surface area contributed by atoms with Crippen LogP contribution in [0.4, 0.5) is 0 Å². The molecule has 0 aromatic carbocycles. The van der Waals surface area contributed by atoms with E-state index in [1.165, 1.54) is 25.7 Å². The van der Waals surface area contributed by atoms with Gasteiger partial charge in [0.15, 0.2) is 0 Å². The summed E-state index contributed by atoms with van der Waals surface area (Å²) < 4.78 is 0. The van der Waals surface area contributed by atoms with Crippen molar-refractivity contribution < 1.29 is 0 Å². The Hall–Kier alpha value is -0.550. The first-order valence-corrected chi connectivity index (χ1v) is 5.92. The predicted octanol–water partition coefficient (Wildman–Crippen LogP) is 2.85. The Balaban J connectivity index is 2.43. The van der Waals surface area contributed by atoms with Gasteiger partial charge >= 0.3 is 0 Å². The monoisotopic (exact) mass is 194 g/mol. The van der Waals surface area contributed by atoms with Gasteiger partial charge in [-0.1, -0.05) is 26.7 Å². The molecule has 2 heteroatoms. The number of hydrogen-bond acceptors (Lipinski definition) is 2. The Kier molecular flexibility index (Phi) is 4.41. The van der Waals surface area contributed by atoms with Crippen LogP contribution >= 0.6 is 0 Å². The van der Waals surface area contributed by atoms with E-state index in [1.54, 1.807) is 0 Å². The highest BCUT2D eigenvalue weighted by Crippen LogP contribution is 2.33. The van der Waals surface area contributed by atoms with Crippen LogP contribution in [-0.2, 0) is 0 Å². The average molecular weight is 194 g/mol.